The summed E-state index contributed by atoms with van der Waals surface area (Å²) in [5.74, 6) is -0.0153. The molecule has 1 saturated heterocycles. The van der Waals surface area contributed by atoms with E-state index >= 15 is 0 Å². The van der Waals surface area contributed by atoms with Crippen LogP contribution < -0.4 is 16.8 Å². The third-order valence-electron chi connectivity index (χ3n) is 5.42. The van der Waals surface area contributed by atoms with Crippen LogP contribution in [0.4, 0.5) is 5.69 Å². The molecule has 1 aliphatic heterocycles. The van der Waals surface area contributed by atoms with Crippen LogP contribution in [0.5, 0.6) is 0 Å². The largest absolute Gasteiger partial charge is 0.397 e. The number of carbonyl (C=O) groups excluding carboxylic acids is 1. The number of nitrogens with one attached hydrogen (secondary N) is 1. The highest BCUT2D eigenvalue weighted by Gasteiger charge is 2.22. The molecule has 1 fully saturated rings. The summed E-state index contributed by atoms with van der Waals surface area (Å²) < 4.78 is 0. The van der Waals surface area contributed by atoms with Gasteiger partial charge in [-0.1, -0.05) is 26.5 Å². The van der Waals surface area contributed by atoms with E-state index < -0.39 is 0 Å². The Labute approximate surface area is 174 Å². The third kappa shape index (κ3) is 5.70. The maximum atomic E-state index is 13.0. The number of rotatable bonds is 8. The summed E-state index contributed by atoms with van der Waals surface area (Å²) in [6.07, 6.45) is 9.55. The molecule has 0 unspecified atom stereocenters. The molecule has 0 bridgehead atoms. The minimum Gasteiger partial charge on any atom is -0.397 e. The van der Waals surface area contributed by atoms with Gasteiger partial charge in [0.2, 0.25) is 0 Å². The number of amides is 1. The van der Waals surface area contributed by atoms with E-state index in [1.165, 1.54) is 0 Å². The Kier molecular flexibility index (Phi) is 8.46. The monoisotopic (exact) mass is 397 g/mol. The number of anilines is 1. The van der Waals surface area contributed by atoms with Gasteiger partial charge >= 0.3 is 0 Å². The van der Waals surface area contributed by atoms with Crippen LogP contribution in [0.2, 0.25) is 0 Å². The Morgan fingerprint density at radius 2 is 2.14 bits per heavy atom. The van der Waals surface area contributed by atoms with E-state index in [1.807, 2.05) is 25.1 Å². The number of likely N-dealkylation sites (tertiary alicyclic amines) is 1. The van der Waals surface area contributed by atoms with E-state index in [0.29, 0.717) is 17.3 Å². The van der Waals surface area contributed by atoms with Crippen molar-refractivity contribution < 1.29 is 4.79 Å². The highest BCUT2D eigenvalue weighted by Crippen LogP contribution is 2.24. The predicted molar refractivity (Wildman–Crippen MR) is 120 cm³/mol. The quantitative estimate of drug-likeness (QED) is 0.581. The number of nitrogens with two attached hydrogens (primary N) is 2. The summed E-state index contributed by atoms with van der Waals surface area (Å²) in [5, 5.41) is 2.97. The van der Waals surface area contributed by atoms with E-state index in [0.717, 1.165) is 50.2 Å². The van der Waals surface area contributed by atoms with Crippen LogP contribution >= 0.6 is 0 Å². The van der Waals surface area contributed by atoms with Crippen molar-refractivity contribution in [2.24, 2.45) is 5.73 Å². The maximum Gasteiger partial charge on any atom is 0.276 e. The molecule has 29 heavy (non-hydrogen) atoms. The molecular formula is C23H35N5O. The van der Waals surface area contributed by atoms with Crippen LogP contribution in [0.3, 0.4) is 0 Å². The highest BCUT2D eigenvalue weighted by atomic mass is 16.1. The molecule has 2 rings (SSSR count). The SMILES string of the molecule is C=C/C(NC(=O)c1nc(C(CC)CC)ccc1N)=C(\C=C/C)N1CCC[C@H](N)C1. The Morgan fingerprint density at radius 3 is 2.72 bits per heavy atom. The fourth-order valence-corrected chi connectivity index (χ4v) is 3.75. The minimum absolute atomic E-state index is 0.125. The number of pyridine rings is 1. The van der Waals surface area contributed by atoms with Gasteiger partial charge in [0, 0.05) is 30.7 Å². The molecule has 2 heterocycles. The maximum absolute atomic E-state index is 13.0. The van der Waals surface area contributed by atoms with Crippen molar-refractivity contribution in [3.8, 4) is 0 Å². The first kappa shape index (κ1) is 22.7. The van der Waals surface area contributed by atoms with Gasteiger partial charge in [-0.15, -0.1) is 0 Å². The van der Waals surface area contributed by atoms with E-state index in [9.17, 15) is 4.79 Å². The fourth-order valence-electron chi connectivity index (χ4n) is 3.75. The zero-order valence-corrected chi connectivity index (χ0v) is 17.9. The smallest absolute Gasteiger partial charge is 0.276 e. The number of nitrogen functional groups attached to an aromatic ring is 1. The molecule has 1 aromatic rings. The number of nitrogens with zero attached hydrogens (tertiary/aromatic N) is 2. The normalized spacial score (nSPS) is 18.1. The summed E-state index contributed by atoms with van der Waals surface area (Å²) in [5.41, 5.74) is 15.3. The molecule has 0 radical (unpaired) electrons. The van der Waals surface area contributed by atoms with Crippen molar-refractivity contribution in [3.05, 3.63) is 59.7 Å². The first-order valence-electron chi connectivity index (χ1n) is 10.5. The van der Waals surface area contributed by atoms with Gasteiger partial charge in [-0.25, -0.2) is 4.98 Å². The summed E-state index contributed by atoms with van der Waals surface area (Å²) in [4.78, 5) is 19.8. The number of hydrogen-bond acceptors (Lipinski definition) is 5. The van der Waals surface area contributed by atoms with Gasteiger partial charge in [0.25, 0.3) is 5.91 Å². The van der Waals surface area contributed by atoms with Gasteiger partial charge in [0.15, 0.2) is 5.69 Å². The molecule has 0 spiro atoms. The Balaban J connectivity index is 2.35. The van der Waals surface area contributed by atoms with Gasteiger partial charge in [0.1, 0.15) is 0 Å². The van der Waals surface area contributed by atoms with Gasteiger partial charge in [-0.3, -0.25) is 4.79 Å². The lowest BCUT2D eigenvalue weighted by Crippen LogP contribution is -2.43. The second-order valence-electron chi connectivity index (χ2n) is 7.49. The number of piperidine rings is 1. The molecule has 1 aliphatic rings. The molecule has 158 valence electrons. The van der Waals surface area contributed by atoms with Gasteiger partial charge in [-0.05, 0) is 56.9 Å². The van der Waals surface area contributed by atoms with Crippen LogP contribution in [0.1, 0.15) is 68.6 Å². The Bertz CT molecular complexity index is 779. The topological polar surface area (TPSA) is 97.3 Å². The van der Waals surface area contributed by atoms with Gasteiger partial charge in [0.05, 0.1) is 17.1 Å². The molecule has 6 heteroatoms. The van der Waals surface area contributed by atoms with E-state index in [4.69, 9.17) is 11.5 Å². The van der Waals surface area contributed by atoms with Crippen molar-refractivity contribution in [1.82, 2.24) is 15.2 Å². The lowest BCUT2D eigenvalue weighted by molar-refractivity contribution is 0.0961. The number of hydrogen-bond donors (Lipinski definition) is 3. The van der Waals surface area contributed by atoms with E-state index in [1.54, 1.807) is 12.1 Å². The standard InChI is InChI=1S/C23H35N5O/c1-5-10-21(28-14-9-11-17(24)15-28)19(8-4)27-23(29)22-18(25)12-13-20(26-22)16(6-2)7-3/h5,8,10,12-13,16-17H,4,6-7,9,11,14-15,24-25H2,1-3H3,(H,27,29)/b10-5-,21-19-/t17-/m0/s1. The molecule has 1 aromatic heterocycles. The van der Waals surface area contributed by atoms with E-state index in [-0.39, 0.29) is 17.6 Å². The first-order valence-corrected chi connectivity index (χ1v) is 10.5. The highest BCUT2D eigenvalue weighted by molar-refractivity contribution is 5.98. The van der Waals surface area contributed by atoms with Crippen molar-refractivity contribution >= 4 is 11.6 Å². The lowest BCUT2D eigenvalue weighted by atomic mass is 9.98. The molecule has 0 aromatic carbocycles. The molecule has 1 amide bonds. The molecule has 0 aliphatic carbocycles. The zero-order valence-electron chi connectivity index (χ0n) is 17.9. The number of allylic oxidation sites excluding steroid dienone is 3. The average Bonchev–Trinajstić information content (AvgIpc) is 2.72. The second kappa shape index (κ2) is 10.8. The van der Waals surface area contributed by atoms with Crippen molar-refractivity contribution in [2.45, 2.75) is 58.4 Å². The lowest BCUT2D eigenvalue weighted by Gasteiger charge is -2.34. The molecule has 0 saturated carbocycles. The number of aromatic nitrogens is 1. The van der Waals surface area contributed by atoms with Gasteiger partial charge < -0.3 is 21.7 Å². The van der Waals surface area contributed by atoms with Gasteiger partial charge in [-0.2, -0.15) is 0 Å². The summed E-state index contributed by atoms with van der Waals surface area (Å²) in [6.45, 7) is 11.7. The zero-order chi connectivity index (χ0) is 21.4. The Hall–Kier alpha value is -2.60. The fraction of sp³-hybridized carbons (Fsp3) is 0.478. The molecule has 6 nitrogen and oxygen atoms in total. The molecular weight excluding hydrogens is 362 g/mol. The second-order valence-corrected chi connectivity index (χ2v) is 7.49. The van der Waals surface area contributed by atoms with Crippen molar-refractivity contribution in [1.29, 1.82) is 0 Å². The minimum atomic E-state index is -0.325. The van der Waals surface area contributed by atoms with Crippen molar-refractivity contribution in [2.75, 3.05) is 18.8 Å². The number of carbonyl (C=O) groups is 1. The van der Waals surface area contributed by atoms with Crippen LogP contribution in [0.25, 0.3) is 0 Å². The van der Waals surface area contributed by atoms with Crippen LogP contribution in [-0.4, -0.2) is 34.9 Å². The summed E-state index contributed by atoms with van der Waals surface area (Å²) in [6, 6.07) is 3.80. The molecule has 1 atom stereocenters. The molecule has 5 N–H and O–H groups in total. The van der Waals surface area contributed by atoms with Crippen molar-refractivity contribution in [3.63, 3.8) is 0 Å². The Morgan fingerprint density at radius 1 is 1.41 bits per heavy atom. The van der Waals surface area contributed by atoms with Crippen LogP contribution in [-0.2, 0) is 0 Å². The van der Waals surface area contributed by atoms with E-state index in [2.05, 4.69) is 35.6 Å². The van der Waals surface area contributed by atoms with Crippen LogP contribution in [0.15, 0.2) is 48.3 Å². The first-order chi connectivity index (χ1) is 13.9. The summed E-state index contributed by atoms with van der Waals surface area (Å²) in [7, 11) is 0. The third-order valence-corrected chi connectivity index (χ3v) is 5.42. The average molecular weight is 398 g/mol. The van der Waals surface area contributed by atoms with Crippen LogP contribution in [0, 0.1) is 0 Å². The summed E-state index contributed by atoms with van der Waals surface area (Å²) >= 11 is 0. The predicted octanol–water partition coefficient (Wildman–Crippen LogP) is 3.69.